The van der Waals surface area contributed by atoms with Crippen molar-refractivity contribution in [2.24, 2.45) is 5.73 Å². The van der Waals surface area contributed by atoms with E-state index in [9.17, 15) is 8.78 Å². The van der Waals surface area contributed by atoms with Crippen molar-refractivity contribution in [1.29, 1.82) is 0 Å². The minimum absolute atomic E-state index is 0.446. The Balaban J connectivity index is 2.40. The molecule has 1 unspecified atom stereocenters. The highest BCUT2D eigenvalue weighted by Gasteiger charge is 2.12. The van der Waals surface area contributed by atoms with E-state index in [1.807, 2.05) is 32.0 Å². The molecule has 0 heterocycles. The van der Waals surface area contributed by atoms with Gasteiger partial charge in [0, 0.05) is 0 Å². The largest absolute Gasteiger partial charge is 0.320 e. The third kappa shape index (κ3) is 2.57. The lowest BCUT2D eigenvalue weighted by atomic mass is 9.96. The minimum atomic E-state index is -0.868. The molecule has 2 rings (SSSR count). The lowest BCUT2D eigenvalue weighted by molar-refractivity contribution is 0.506. The maximum atomic E-state index is 13.2. The lowest BCUT2D eigenvalue weighted by Gasteiger charge is -2.14. The number of aryl methyl sites for hydroxylation is 2. The summed E-state index contributed by atoms with van der Waals surface area (Å²) >= 11 is 0. The molecule has 0 saturated heterocycles. The van der Waals surface area contributed by atoms with Crippen LogP contribution in [0.2, 0.25) is 0 Å². The van der Waals surface area contributed by atoms with Gasteiger partial charge in [0.05, 0.1) is 6.04 Å². The third-order valence-electron chi connectivity index (χ3n) is 2.91. The van der Waals surface area contributed by atoms with Crippen LogP contribution < -0.4 is 5.73 Å². The van der Waals surface area contributed by atoms with E-state index in [2.05, 4.69) is 0 Å². The van der Waals surface area contributed by atoms with Crippen molar-refractivity contribution in [3.05, 3.63) is 70.3 Å². The quantitative estimate of drug-likeness (QED) is 0.861. The highest BCUT2D eigenvalue weighted by molar-refractivity contribution is 5.36. The van der Waals surface area contributed by atoms with E-state index in [-0.39, 0.29) is 0 Å². The summed E-state index contributed by atoms with van der Waals surface area (Å²) in [6.07, 6.45) is 0. The van der Waals surface area contributed by atoms with Crippen LogP contribution in [-0.2, 0) is 0 Å². The fraction of sp³-hybridized carbons (Fsp3) is 0.200. The molecule has 2 aromatic rings. The summed E-state index contributed by atoms with van der Waals surface area (Å²) in [6.45, 7) is 3.96. The number of rotatable bonds is 2. The average Bonchev–Trinajstić information content (AvgIpc) is 2.30. The van der Waals surface area contributed by atoms with Gasteiger partial charge in [0.2, 0.25) is 0 Å². The van der Waals surface area contributed by atoms with Crippen LogP contribution in [0.3, 0.4) is 0 Å². The Bertz CT molecular complexity index is 558. The summed E-state index contributed by atoms with van der Waals surface area (Å²) in [6, 6.07) is 9.28. The maximum Gasteiger partial charge on any atom is 0.159 e. The summed E-state index contributed by atoms with van der Waals surface area (Å²) in [4.78, 5) is 0. The Hall–Kier alpha value is -1.74. The zero-order valence-corrected chi connectivity index (χ0v) is 10.4. The van der Waals surface area contributed by atoms with Crippen molar-refractivity contribution in [1.82, 2.24) is 0 Å². The lowest BCUT2D eigenvalue weighted by Crippen LogP contribution is -2.12. The van der Waals surface area contributed by atoms with Crippen LogP contribution >= 0.6 is 0 Å². The molecule has 1 nitrogen and oxygen atoms in total. The van der Waals surface area contributed by atoms with Crippen LogP contribution in [0.4, 0.5) is 8.78 Å². The van der Waals surface area contributed by atoms with E-state index in [1.54, 1.807) is 0 Å². The van der Waals surface area contributed by atoms with Crippen LogP contribution in [0.25, 0.3) is 0 Å². The maximum absolute atomic E-state index is 13.2. The number of benzene rings is 2. The monoisotopic (exact) mass is 247 g/mol. The second-order valence-corrected chi connectivity index (χ2v) is 4.57. The Morgan fingerprint density at radius 2 is 1.44 bits per heavy atom. The Labute approximate surface area is 105 Å². The first-order chi connectivity index (χ1) is 8.47. The smallest absolute Gasteiger partial charge is 0.159 e. The number of nitrogens with two attached hydrogens (primary N) is 1. The summed E-state index contributed by atoms with van der Waals surface area (Å²) in [7, 11) is 0. The first-order valence-electron chi connectivity index (χ1n) is 5.76. The van der Waals surface area contributed by atoms with E-state index in [1.165, 1.54) is 6.07 Å². The highest BCUT2D eigenvalue weighted by Crippen LogP contribution is 2.23. The van der Waals surface area contributed by atoms with Gasteiger partial charge in [-0.2, -0.15) is 0 Å². The molecule has 0 aromatic heterocycles. The van der Waals surface area contributed by atoms with Gasteiger partial charge < -0.3 is 5.73 Å². The van der Waals surface area contributed by atoms with Gasteiger partial charge in [0.1, 0.15) is 0 Å². The zero-order chi connectivity index (χ0) is 13.3. The van der Waals surface area contributed by atoms with Crippen LogP contribution in [0.5, 0.6) is 0 Å². The van der Waals surface area contributed by atoms with Gasteiger partial charge in [0.25, 0.3) is 0 Å². The van der Waals surface area contributed by atoms with Crippen LogP contribution in [-0.4, -0.2) is 0 Å². The van der Waals surface area contributed by atoms with Crippen molar-refractivity contribution >= 4 is 0 Å². The fourth-order valence-corrected chi connectivity index (χ4v) is 2.09. The van der Waals surface area contributed by atoms with Crippen molar-refractivity contribution in [3.8, 4) is 0 Å². The van der Waals surface area contributed by atoms with Crippen molar-refractivity contribution in [3.63, 3.8) is 0 Å². The highest BCUT2D eigenvalue weighted by atomic mass is 19.2. The molecular weight excluding hydrogens is 232 g/mol. The second kappa shape index (κ2) is 4.86. The minimum Gasteiger partial charge on any atom is -0.320 e. The Morgan fingerprint density at radius 1 is 0.833 bits per heavy atom. The van der Waals surface area contributed by atoms with Gasteiger partial charge in [-0.25, -0.2) is 8.78 Å². The molecule has 0 spiro atoms. The topological polar surface area (TPSA) is 26.0 Å². The van der Waals surface area contributed by atoms with Gasteiger partial charge in [-0.1, -0.05) is 35.4 Å². The molecule has 2 aromatic carbocycles. The third-order valence-corrected chi connectivity index (χ3v) is 2.91. The number of hydrogen-bond acceptors (Lipinski definition) is 1. The van der Waals surface area contributed by atoms with E-state index in [0.717, 1.165) is 28.8 Å². The number of hydrogen-bond donors (Lipinski definition) is 1. The molecule has 1 atom stereocenters. The Morgan fingerprint density at radius 3 is 2.00 bits per heavy atom. The van der Waals surface area contributed by atoms with E-state index in [4.69, 9.17) is 5.73 Å². The van der Waals surface area contributed by atoms with Gasteiger partial charge in [-0.15, -0.1) is 0 Å². The van der Waals surface area contributed by atoms with Crippen molar-refractivity contribution in [2.75, 3.05) is 0 Å². The number of halogens is 2. The average molecular weight is 247 g/mol. The molecule has 0 aliphatic heterocycles. The first kappa shape index (κ1) is 12.7. The summed E-state index contributed by atoms with van der Waals surface area (Å²) in [5.74, 6) is -1.72. The Kier molecular flexibility index (Phi) is 3.43. The van der Waals surface area contributed by atoms with Crippen LogP contribution in [0.15, 0.2) is 36.4 Å². The molecule has 0 amide bonds. The van der Waals surface area contributed by atoms with Gasteiger partial charge in [-0.3, -0.25) is 0 Å². The van der Waals surface area contributed by atoms with E-state index >= 15 is 0 Å². The molecule has 0 radical (unpaired) electrons. The molecule has 0 saturated carbocycles. The molecule has 0 bridgehead atoms. The van der Waals surface area contributed by atoms with Crippen molar-refractivity contribution < 1.29 is 8.78 Å². The zero-order valence-electron chi connectivity index (χ0n) is 10.4. The predicted octanol–water partition coefficient (Wildman–Crippen LogP) is 3.63. The molecule has 94 valence electrons. The van der Waals surface area contributed by atoms with Gasteiger partial charge >= 0.3 is 0 Å². The standard InChI is InChI=1S/C15H15F2N/c1-9-5-10(2)7-12(6-9)15(18)11-3-4-13(16)14(17)8-11/h3-8,15H,18H2,1-2H3. The molecule has 0 aliphatic carbocycles. The van der Waals surface area contributed by atoms with E-state index < -0.39 is 17.7 Å². The van der Waals surface area contributed by atoms with Gasteiger partial charge in [-0.05, 0) is 37.1 Å². The summed E-state index contributed by atoms with van der Waals surface area (Å²) in [5.41, 5.74) is 9.75. The molecule has 18 heavy (non-hydrogen) atoms. The van der Waals surface area contributed by atoms with E-state index in [0.29, 0.717) is 5.56 Å². The molecule has 0 fully saturated rings. The second-order valence-electron chi connectivity index (χ2n) is 4.57. The SMILES string of the molecule is Cc1cc(C)cc(C(N)c2ccc(F)c(F)c2)c1. The van der Waals surface area contributed by atoms with Crippen LogP contribution in [0, 0.1) is 25.5 Å². The predicted molar refractivity (Wildman–Crippen MR) is 68.3 cm³/mol. The van der Waals surface area contributed by atoms with Crippen LogP contribution in [0.1, 0.15) is 28.3 Å². The molecule has 2 N–H and O–H groups in total. The molecule has 3 heteroatoms. The molecular formula is C15H15F2N. The van der Waals surface area contributed by atoms with Crippen molar-refractivity contribution in [2.45, 2.75) is 19.9 Å². The first-order valence-corrected chi connectivity index (χ1v) is 5.76. The summed E-state index contributed by atoms with van der Waals surface area (Å²) < 4.78 is 26.1. The van der Waals surface area contributed by atoms with Gasteiger partial charge in [0.15, 0.2) is 11.6 Å². The summed E-state index contributed by atoms with van der Waals surface area (Å²) in [5, 5.41) is 0. The normalized spacial score (nSPS) is 12.5. The fourth-order valence-electron chi connectivity index (χ4n) is 2.09. The molecule has 0 aliphatic rings.